The summed E-state index contributed by atoms with van der Waals surface area (Å²) < 4.78 is 25.1. The van der Waals surface area contributed by atoms with Crippen LogP contribution in [-0.4, -0.2) is 55.7 Å². The van der Waals surface area contributed by atoms with E-state index < -0.39 is 28.0 Å². The summed E-state index contributed by atoms with van der Waals surface area (Å²) in [4.78, 5) is 24.7. The van der Waals surface area contributed by atoms with Gasteiger partial charge in [-0.15, -0.1) is 0 Å². The Morgan fingerprint density at radius 1 is 1.45 bits per heavy atom. The minimum absolute atomic E-state index is 0.145. The lowest BCUT2D eigenvalue weighted by atomic mass is 9.99. The Morgan fingerprint density at radius 3 is 2.45 bits per heavy atom. The van der Waals surface area contributed by atoms with Crippen LogP contribution in [0.2, 0.25) is 0 Å². The first-order chi connectivity index (χ1) is 9.15. The summed E-state index contributed by atoms with van der Waals surface area (Å²) in [7, 11) is -3.50. The quantitative estimate of drug-likeness (QED) is 0.712. The SMILES string of the molecule is CC[C@H](C)[C@H](NS(C)(=O)=O)C(=O)N1CC[C@@H](C(=O)O)C1. The molecule has 116 valence electrons. The third-order valence-electron chi connectivity index (χ3n) is 3.67. The Balaban J connectivity index is 2.81. The van der Waals surface area contributed by atoms with E-state index in [0.29, 0.717) is 19.4 Å². The number of aliphatic carboxylic acids is 1. The van der Waals surface area contributed by atoms with E-state index in [2.05, 4.69) is 4.72 Å². The number of rotatable bonds is 6. The zero-order valence-corrected chi connectivity index (χ0v) is 12.8. The largest absolute Gasteiger partial charge is 0.481 e. The number of carboxylic acid groups (broad SMARTS) is 1. The highest BCUT2D eigenvalue weighted by Crippen LogP contribution is 2.20. The number of carboxylic acids is 1. The molecule has 0 spiro atoms. The van der Waals surface area contributed by atoms with E-state index in [-0.39, 0.29) is 18.4 Å². The number of hydrogen-bond donors (Lipinski definition) is 2. The fraction of sp³-hybridized carbons (Fsp3) is 0.833. The van der Waals surface area contributed by atoms with Crippen LogP contribution in [0.5, 0.6) is 0 Å². The maximum Gasteiger partial charge on any atom is 0.308 e. The van der Waals surface area contributed by atoms with Crippen LogP contribution in [0.25, 0.3) is 0 Å². The number of carbonyl (C=O) groups excluding carboxylic acids is 1. The molecule has 7 nitrogen and oxygen atoms in total. The van der Waals surface area contributed by atoms with Crippen molar-refractivity contribution < 1.29 is 23.1 Å². The summed E-state index contributed by atoms with van der Waals surface area (Å²) in [6.45, 7) is 4.17. The van der Waals surface area contributed by atoms with Crippen LogP contribution >= 0.6 is 0 Å². The zero-order valence-electron chi connectivity index (χ0n) is 12.0. The van der Waals surface area contributed by atoms with Gasteiger partial charge in [-0.3, -0.25) is 9.59 Å². The minimum Gasteiger partial charge on any atom is -0.481 e. The Kier molecular flexibility index (Phi) is 5.52. The monoisotopic (exact) mass is 306 g/mol. The average molecular weight is 306 g/mol. The molecule has 1 aliphatic rings. The van der Waals surface area contributed by atoms with Crippen LogP contribution in [0, 0.1) is 11.8 Å². The first-order valence-electron chi connectivity index (χ1n) is 6.64. The van der Waals surface area contributed by atoms with Crippen LogP contribution in [-0.2, 0) is 19.6 Å². The van der Waals surface area contributed by atoms with Crippen molar-refractivity contribution in [2.24, 2.45) is 11.8 Å². The zero-order chi connectivity index (χ0) is 15.5. The highest BCUT2D eigenvalue weighted by atomic mass is 32.2. The summed E-state index contributed by atoms with van der Waals surface area (Å²) in [6, 6.07) is -0.831. The molecule has 1 fully saturated rings. The van der Waals surface area contributed by atoms with E-state index in [4.69, 9.17) is 5.11 Å². The molecule has 0 unspecified atom stereocenters. The van der Waals surface area contributed by atoms with Crippen molar-refractivity contribution in [1.29, 1.82) is 0 Å². The van der Waals surface area contributed by atoms with E-state index >= 15 is 0 Å². The van der Waals surface area contributed by atoms with Crippen molar-refractivity contribution in [3.8, 4) is 0 Å². The summed E-state index contributed by atoms with van der Waals surface area (Å²) in [5.74, 6) is -1.97. The predicted octanol–water partition coefficient (Wildman–Crippen LogP) is -0.117. The van der Waals surface area contributed by atoms with E-state index in [1.807, 2.05) is 6.92 Å². The lowest BCUT2D eigenvalue weighted by Gasteiger charge is -2.27. The molecule has 1 rings (SSSR count). The molecule has 1 aliphatic heterocycles. The van der Waals surface area contributed by atoms with E-state index in [0.717, 1.165) is 6.26 Å². The molecule has 1 heterocycles. The molecule has 0 aromatic carbocycles. The second-order valence-electron chi connectivity index (χ2n) is 5.36. The number of sulfonamides is 1. The second kappa shape index (κ2) is 6.53. The summed E-state index contributed by atoms with van der Waals surface area (Å²) in [5.41, 5.74) is 0. The predicted molar refractivity (Wildman–Crippen MR) is 73.5 cm³/mol. The van der Waals surface area contributed by atoms with Crippen molar-refractivity contribution in [2.75, 3.05) is 19.3 Å². The molecule has 0 bridgehead atoms. The molecule has 0 saturated carbocycles. The lowest BCUT2D eigenvalue weighted by molar-refractivity contribution is -0.141. The molecule has 0 radical (unpaired) electrons. The first-order valence-corrected chi connectivity index (χ1v) is 8.53. The number of likely N-dealkylation sites (tertiary alicyclic amines) is 1. The van der Waals surface area contributed by atoms with Gasteiger partial charge < -0.3 is 10.0 Å². The molecule has 0 aromatic rings. The molecule has 1 saturated heterocycles. The Labute approximate surface area is 119 Å². The number of nitrogens with one attached hydrogen (secondary N) is 1. The normalized spacial score (nSPS) is 22.6. The number of carbonyl (C=O) groups is 2. The second-order valence-corrected chi connectivity index (χ2v) is 7.14. The van der Waals surface area contributed by atoms with Gasteiger partial charge in [0.25, 0.3) is 0 Å². The van der Waals surface area contributed by atoms with Crippen molar-refractivity contribution in [2.45, 2.75) is 32.7 Å². The molecule has 0 aliphatic carbocycles. The molecule has 0 aromatic heterocycles. The minimum atomic E-state index is -3.50. The Bertz CT molecular complexity index is 476. The van der Waals surface area contributed by atoms with Gasteiger partial charge in [0.05, 0.1) is 12.2 Å². The van der Waals surface area contributed by atoms with Gasteiger partial charge in [0.2, 0.25) is 15.9 Å². The van der Waals surface area contributed by atoms with Crippen LogP contribution < -0.4 is 4.72 Å². The van der Waals surface area contributed by atoms with Crippen molar-refractivity contribution >= 4 is 21.9 Å². The van der Waals surface area contributed by atoms with E-state index in [9.17, 15) is 18.0 Å². The standard InChI is InChI=1S/C12H22N2O5S/c1-4-8(2)10(13-20(3,18)19)11(15)14-6-5-9(7-14)12(16)17/h8-10,13H,4-7H2,1-3H3,(H,16,17)/t8-,9+,10-/m0/s1. The highest BCUT2D eigenvalue weighted by molar-refractivity contribution is 7.88. The number of amides is 1. The van der Waals surface area contributed by atoms with Gasteiger partial charge >= 0.3 is 5.97 Å². The van der Waals surface area contributed by atoms with Gasteiger partial charge in [-0.05, 0) is 12.3 Å². The molecule has 2 N–H and O–H groups in total. The summed E-state index contributed by atoms with van der Waals surface area (Å²) in [5, 5.41) is 8.94. The van der Waals surface area contributed by atoms with Crippen molar-refractivity contribution in [3.63, 3.8) is 0 Å². The average Bonchev–Trinajstić information content (AvgIpc) is 2.82. The Morgan fingerprint density at radius 2 is 2.05 bits per heavy atom. The van der Waals surface area contributed by atoms with E-state index in [1.165, 1.54) is 4.90 Å². The van der Waals surface area contributed by atoms with Crippen LogP contribution in [0.1, 0.15) is 26.7 Å². The Hall–Kier alpha value is -1.15. The fourth-order valence-corrected chi connectivity index (χ4v) is 3.03. The molecular weight excluding hydrogens is 284 g/mol. The van der Waals surface area contributed by atoms with Crippen molar-refractivity contribution in [3.05, 3.63) is 0 Å². The van der Waals surface area contributed by atoms with Crippen molar-refractivity contribution in [1.82, 2.24) is 9.62 Å². The van der Waals surface area contributed by atoms with Gasteiger partial charge in [0.1, 0.15) is 6.04 Å². The van der Waals surface area contributed by atoms with Gasteiger partial charge in [-0.2, -0.15) is 0 Å². The lowest BCUT2D eigenvalue weighted by Crippen LogP contribution is -2.50. The van der Waals surface area contributed by atoms with Crippen LogP contribution in [0.4, 0.5) is 0 Å². The third-order valence-corrected chi connectivity index (χ3v) is 4.35. The van der Waals surface area contributed by atoms with Gasteiger partial charge in [0.15, 0.2) is 0 Å². The smallest absolute Gasteiger partial charge is 0.308 e. The summed E-state index contributed by atoms with van der Waals surface area (Å²) >= 11 is 0. The molecule has 1 amide bonds. The maximum absolute atomic E-state index is 12.4. The molecule has 3 atom stereocenters. The number of nitrogens with zero attached hydrogens (tertiary/aromatic N) is 1. The van der Waals surface area contributed by atoms with Crippen LogP contribution in [0.15, 0.2) is 0 Å². The molecule has 20 heavy (non-hydrogen) atoms. The van der Waals surface area contributed by atoms with E-state index in [1.54, 1.807) is 6.92 Å². The van der Waals surface area contributed by atoms with Gasteiger partial charge in [-0.1, -0.05) is 20.3 Å². The fourth-order valence-electron chi connectivity index (χ4n) is 2.24. The van der Waals surface area contributed by atoms with Crippen LogP contribution in [0.3, 0.4) is 0 Å². The highest BCUT2D eigenvalue weighted by Gasteiger charge is 2.36. The number of hydrogen-bond acceptors (Lipinski definition) is 4. The van der Waals surface area contributed by atoms with Gasteiger partial charge in [0, 0.05) is 13.1 Å². The maximum atomic E-state index is 12.4. The molecule has 8 heteroatoms. The molecular formula is C12H22N2O5S. The third kappa shape index (κ3) is 4.45. The van der Waals surface area contributed by atoms with Gasteiger partial charge in [-0.25, -0.2) is 13.1 Å². The topological polar surface area (TPSA) is 104 Å². The summed E-state index contributed by atoms with van der Waals surface area (Å²) in [6.07, 6.45) is 2.07. The first kappa shape index (κ1) is 16.9.